The number of nitrogens with zero attached hydrogens (tertiary/aromatic N) is 2. The third-order valence-electron chi connectivity index (χ3n) is 2.20. The highest BCUT2D eigenvalue weighted by molar-refractivity contribution is 9.10. The molecule has 0 saturated heterocycles. The molecular formula is C12H12BrN3O. The van der Waals surface area contributed by atoms with Gasteiger partial charge in [0.25, 0.3) is 0 Å². The molecule has 0 radical (unpaired) electrons. The zero-order valence-corrected chi connectivity index (χ0v) is 10.9. The van der Waals surface area contributed by atoms with Crippen LogP contribution in [0.4, 0.5) is 5.95 Å². The highest BCUT2D eigenvalue weighted by Gasteiger charge is 2.11. The molecule has 2 N–H and O–H groups in total. The zero-order chi connectivity index (χ0) is 12.3. The molecular weight excluding hydrogens is 282 g/mol. The summed E-state index contributed by atoms with van der Waals surface area (Å²) in [5.74, 6) is 1.38. The molecule has 0 aliphatic heterocycles. The lowest BCUT2D eigenvalue weighted by atomic mass is 10.3. The van der Waals surface area contributed by atoms with Gasteiger partial charge in [0.2, 0.25) is 11.8 Å². The van der Waals surface area contributed by atoms with Crippen LogP contribution in [0.3, 0.4) is 0 Å². The molecule has 0 fully saturated rings. The number of nitrogens with two attached hydrogens (primary N) is 1. The molecule has 0 aliphatic carbocycles. The highest BCUT2D eigenvalue weighted by atomic mass is 79.9. The number of halogens is 1. The Kier molecular flexibility index (Phi) is 3.58. The van der Waals surface area contributed by atoms with Gasteiger partial charge in [-0.1, -0.05) is 25.1 Å². The summed E-state index contributed by atoms with van der Waals surface area (Å²) in [6, 6.07) is 9.43. The third-order valence-corrected chi connectivity index (χ3v) is 3.00. The van der Waals surface area contributed by atoms with E-state index in [0.717, 1.165) is 16.6 Å². The number of hydrogen-bond acceptors (Lipinski definition) is 4. The van der Waals surface area contributed by atoms with Crippen LogP contribution in [0.15, 0.2) is 34.8 Å². The standard InChI is InChI=1S/C12H12BrN3O/c1-2-9-10(13)11(16-12(14)15-9)17-8-6-4-3-5-7-8/h3-7H,2H2,1H3,(H2,14,15,16). The Balaban J connectivity index is 2.36. The molecule has 0 aliphatic rings. The van der Waals surface area contributed by atoms with Crippen LogP contribution < -0.4 is 10.5 Å². The van der Waals surface area contributed by atoms with E-state index >= 15 is 0 Å². The number of nitrogen functional groups attached to an aromatic ring is 1. The van der Waals surface area contributed by atoms with E-state index in [4.69, 9.17) is 10.5 Å². The molecule has 0 unspecified atom stereocenters. The summed E-state index contributed by atoms with van der Waals surface area (Å²) in [6.07, 6.45) is 0.762. The number of para-hydroxylation sites is 1. The minimum absolute atomic E-state index is 0.219. The fourth-order valence-electron chi connectivity index (χ4n) is 1.39. The van der Waals surface area contributed by atoms with Crippen LogP contribution in [0.1, 0.15) is 12.6 Å². The van der Waals surface area contributed by atoms with Gasteiger partial charge in [0.15, 0.2) is 0 Å². The van der Waals surface area contributed by atoms with Crippen LogP contribution >= 0.6 is 15.9 Å². The minimum Gasteiger partial charge on any atom is -0.438 e. The molecule has 2 aromatic rings. The van der Waals surface area contributed by atoms with Crippen LogP contribution in [0, 0.1) is 0 Å². The lowest BCUT2D eigenvalue weighted by molar-refractivity contribution is 0.458. The number of aromatic nitrogens is 2. The maximum atomic E-state index is 5.65. The molecule has 1 heterocycles. The first-order valence-electron chi connectivity index (χ1n) is 5.25. The van der Waals surface area contributed by atoms with Crippen molar-refractivity contribution in [1.82, 2.24) is 9.97 Å². The van der Waals surface area contributed by atoms with Crippen LogP contribution in [0.2, 0.25) is 0 Å². The predicted molar refractivity (Wildman–Crippen MR) is 70.0 cm³/mol. The Labute approximate surface area is 108 Å². The van der Waals surface area contributed by atoms with Crippen molar-refractivity contribution < 1.29 is 4.74 Å². The van der Waals surface area contributed by atoms with Gasteiger partial charge in [0.05, 0.1) is 5.69 Å². The first kappa shape index (κ1) is 11.9. The van der Waals surface area contributed by atoms with E-state index in [9.17, 15) is 0 Å². The summed E-state index contributed by atoms with van der Waals surface area (Å²) in [5.41, 5.74) is 6.47. The summed E-state index contributed by atoms with van der Waals surface area (Å²) in [7, 11) is 0. The van der Waals surface area contributed by atoms with Crippen molar-refractivity contribution in [2.24, 2.45) is 0 Å². The maximum absolute atomic E-state index is 5.65. The van der Waals surface area contributed by atoms with Crippen LogP contribution in [0.25, 0.3) is 0 Å². The SMILES string of the molecule is CCc1nc(N)nc(Oc2ccccc2)c1Br. The number of aryl methyl sites for hydroxylation is 1. The molecule has 2 rings (SSSR count). The largest absolute Gasteiger partial charge is 0.438 e. The molecule has 17 heavy (non-hydrogen) atoms. The lowest BCUT2D eigenvalue weighted by Crippen LogP contribution is -2.02. The van der Waals surface area contributed by atoms with Gasteiger partial charge >= 0.3 is 0 Å². The van der Waals surface area contributed by atoms with Gasteiger partial charge in [-0.2, -0.15) is 4.98 Å². The Bertz CT molecular complexity index is 517. The van der Waals surface area contributed by atoms with Crippen molar-refractivity contribution in [3.8, 4) is 11.6 Å². The quantitative estimate of drug-likeness (QED) is 0.944. The maximum Gasteiger partial charge on any atom is 0.238 e. The summed E-state index contributed by atoms with van der Waals surface area (Å²) < 4.78 is 6.40. The molecule has 88 valence electrons. The zero-order valence-electron chi connectivity index (χ0n) is 9.35. The monoisotopic (exact) mass is 293 g/mol. The number of hydrogen-bond donors (Lipinski definition) is 1. The van der Waals surface area contributed by atoms with E-state index in [0.29, 0.717) is 11.6 Å². The van der Waals surface area contributed by atoms with E-state index in [-0.39, 0.29) is 5.95 Å². The smallest absolute Gasteiger partial charge is 0.238 e. The van der Waals surface area contributed by atoms with Crippen molar-refractivity contribution in [2.75, 3.05) is 5.73 Å². The molecule has 0 bridgehead atoms. The topological polar surface area (TPSA) is 61.0 Å². The highest BCUT2D eigenvalue weighted by Crippen LogP contribution is 2.30. The van der Waals surface area contributed by atoms with Crippen LogP contribution in [-0.2, 0) is 6.42 Å². The van der Waals surface area contributed by atoms with E-state index in [1.54, 1.807) is 0 Å². The van der Waals surface area contributed by atoms with Gasteiger partial charge in [-0.15, -0.1) is 0 Å². The van der Waals surface area contributed by atoms with Gasteiger partial charge < -0.3 is 10.5 Å². The molecule has 4 nitrogen and oxygen atoms in total. The van der Waals surface area contributed by atoms with Crippen LogP contribution in [0.5, 0.6) is 11.6 Å². The normalized spacial score (nSPS) is 10.2. The van der Waals surface area contributed by atoms with Crippen molar-refractivity contribution in [3.05, 3.63) is 40.5 Å². The van der Waals surface area contributed by atoms with E-state index in [1.807, 2.05) is 37.3 Å². The van der Waals surface area contributed by atoms with Gasteiger partial charge in [-0.3, -0.25) is 0 Å². The fourth-order valence-corrected chi connectivity index (χ4v) is 1.93. The Morgan fingerprint density at radius 3 is 2.59 bits per heavy atom. The van der Waals surface area contributed by atoms with Crippen molar-refractivity contribution >= 4 is 21.9 Å². The van der Waals surface area contributed by atoms with Crippen LogP contribution in [-0.4, -0.2) is 9.97 Å². The van der Waals surface area contributed by atoms with Gasteiger partial charge in [-0.25, -0.2) is 4.98 Å². The lowest BCUT2D eigenvalue weighted by Gasteiger charge is -2.09. The van der Waals surface area contributed by atoms with Crippen molar-refractivity contribution in [2.45, 2.75) is 13.3 Å². The van der Waals surface area contributed by atoms with E-state index in [2.05, 4.69) is 25.9 Å². The average Bonchev–Trinajstić information content (AvgIpc) is 2.34. The summed E-state index contributed by atoms with van der Waals surface area (Å²) in [4.78, 5) is 8.21. The number of rotatable bonds is 3. The first-order chi connectivity index (χ1) is 8.20. The molecule has 1 aromatic carbocycles. The van der Waals surface area contributed by atoms with Gasteiger partial charge in [0.1, 0.15) is 10.2 Å². The number of anilines is 1. The first-order valence-corrected chi connectivity index (χ1v) is 6.04. The van der Waals surface area contributed by atoms with Gasteiger partial charge in [-0.05, 0) is 34.5 Å². The molecule has 0 atom stereocenters. The number of benzene rings is 1. The summed E-state index contributed by atoms with van der Waals surface area (Å²) >= 11 is 3.43. The Hall–Kier alpha value is -1.62. The summed E-state index contributed by atoms with van der Waals surface area (Å²) in [5, 5.41) is 0. The second-order valence-corrected chi connectivity index (χ2v) is 4.21. The van der Waals surface area contributed by atoms with E-state index in [1.165, 1.54) is 0 Å². The van der Waals surface area contributed by atoms with E-state index < -0.39 is 0 Å². The second kappa shape index (κ2) is 5.14. The average molecular weight is 294 g/mol. The summed E-state index contributed by atoms with van der Waals surface area (Å²) in [6.45, 7) is 2.00. The molecule has 1 aromatic heterocycles. The third kappa shape index (κ3) is 2.74. The molecule has 0 spiro atoms. The molecule has 0 amide bonds. The fraction of sp³-hybridized carbons (Fsp3) is 0.167. The second-order valence-electron chi connectivity index (χ2n) is 3.42. The predicted octanol–water partition coefficient (Wildman–Crippen LogP) is 3.18. The molecule has 0 saturated carbocycles. The van der Waals surface area contributed by atoms with Crippen molar-refractivity contribution in [3.63, 3.8) is 0 Å². The molecule has 5 heteroatoms. The Morgan fingerprint density at radius 2 is 1.94 bits per heavy atom. The number of ether oxygens (including phenoxy) is 1. The minimum atomic E-state index is 0.219. The van der Waals surface area contributed by atoms with Gasteiger partial charge in [0, 0.05) is 0 Å². The Morgan fingerprint density at radius 1 is 1.24 bits per heavy atom. The van der Waals surface area contributed by atoms with Crippen molar-refractivity contribution in [1.29, 1.82) is 0 Å².